The minimum Gasteiger partial charge on any atom is -0.395 e. The molecule has 3 N–H and O–H groups in total. The standard InChI is InChI=1S/C7H15NO2/c9-6-5-8-7(10)3-1-2-4-7/h8-10H,1-6H2. The lowest BCUT2D eigenvalue weighted by Crippen LogP contribution is -2.43. The van der Waals surface area contributed by atoms with Gasteiger partial charge in [-0.1, -0.05) is 0 Å². The van der Waals surface area contributed by atoms with Gasteiger partial charge >= 0.3 is 0 Å². The molecule has 0 heterocycles. The van der Waals surface area contributed by atoms with Crippen LogP contribution in [0, 0.1) is 0 Å². The fourth-order valence-electron chi connectivity index (χ4n) is 1.43. The first kappa shape index (κ1) is 7.98. The third kappa shape index (κ3) is 1.94. The Labute approximate surface area is 61.1 Å². The number of nitrogens with one attached hydrogen (secondary N) is 1. The van der Waals surface area contributed by atoms with Crippen LogP contribution in [0.1, 0.15) is 25.7 Å². The minimum atomic E-state index is -0.664. The van der Waals surface area contributed by atoms with Crippen molar-refractivity contribution in [2.24, 2.45) is 0 Å². The highest BCUT2D eigenvalue weighted by Gasteiger charge is 2.29. The molecule has 0 saturated heterocycles. The van der Waals surface area contributed by atoms with Crippen molar-refractivity contribution in [3.8, 4) is 0 Å². The van der Waals surface area contributed by atoms with Gasteiger partial charge in [-0.3, -0.25) is 5.32 Å². The molecular weight excluding hydrogens is 130 g/mol. The molecule has 0 amide bonds. The lowest BCUT2D eigenvalue weighted by atomic mass is 10.2. The summed E-state index contributed by atoms with van der Waals surface area (Å²) in [4.78, 5) is 0. The maximum absolute atomic E-state index is 9.60. The van der Waals surface area contributed by atoms with Crippen molar-refractivity contribution in [3.63, 3.8) is 0 Å². The Kier molecular flexibility index (Phi) is 2.65. The summed E-state index contributed by atoms with van der Waals surface area (Å²) < 4.78 is 0. The van der Waals surface area contributed by atoms with Gasteiger partial charge in [-0.15, -0.1) is 0 Å². The van der Waals surface area contributed by atoms with Gasteiger partial charge in [0.05, 0.1) is 6.61 Å². The average molecular weight is 145 g/mol. The zero-order valence-corrected chi connectivity index (χ0v) is 6.14. The van der Waals surface area contributed by atoms with Crippen LogP contribution in [0.2, 0.25) is 0 Å². The Morgan fingerprint density at radius 1 is 1.30 bits per heavy atom. The summed E-state index contributed by atoms with van der Waals surface area (Å²) >= 11 is 0. The maximum atomic E-state index is 9.60. The van der Waals surface area contributed by atoms with Crippen LogP contribution in [0.25, 0.3) is 0 Å². The molecule has 1 rings (SSSR count). The SMILES string of the molecule is OCCNC1(O)CCCC1. The molecule has 0 aromatic rings. The van der Waals surface area contributed by atoms with Crippen molar-refractivity contribution in [1.82, 2.24) is 5.32 Å². The van der Waals surface area contributed by atoms with Gasteiger partial charge in [0, 0.05) is 6.54 Å². The highest BCUT2D eigenvalue weighted by molar-refractivity contribution is 4.81. The highest BCUT2D eigenvalue weighted by Crippen LogP contribution is 2.26. The summed E-state index contributed by atoms with van der Waals surface area (Å²) in [6.07, 6.45) is 3.84. The summed E-state index contributed by atoms with van der Waals surface area (Å²) in [5.41, 5.74) is -0.664. The van der Waals surface area contributed by atoms with Gasteiger partial charge < -0.3 is 10.2 Å². The van der Waals surface area contributed by atoms with Gasteiger partial charge in [-0.25, -0.2) is 0 Å². The van der Waals surface area contributed by atoms with E-state index < -0.39 is 5.72 Å². The van der Waals surface area contributed by atoms with E-state index in [-0.39, 0.29) is 6.61 Å². The summed E-state index contributed by atoms with van der Waals surface area (Å²) in [7, 11) is 0. The van der Waals surface area contributed by atoms with Crippen LogP contribution in [0.3, 0.4) is 0 Å². The first-order chi connectivity index (χ1) is 4.77. The third-order valence-corrected chi connectivity index (χ3v) is 2.00. The maximum Gasteiger partial charge on any atom is 0.116 e. The quantitative estimate of drug-likeness (QED) is 0.483. The smallest absolute Gasteiger partial charge is 0.116 e. The van der Waals surface area contributed by atoms with Gasteiger partial charge in [0.1, 0.15) is 5.72 Å². The van der Waals surface area contributed by atoms with E-state index in [0.717, 1.165) is 25.7 Å². The Morgan fingerprint density at radius 3 is 2.40 bits per heavy atom. The summed E-state index contributed by atoms with van der Waals surface area (Å²) in [5.74, 6) is 0. The zero-order valence-electron chi connectivity index (χ0n) is 6.14. The molecule has 0 aromatic carbocycles. The molecule has 0 unspecified atom stereocenters. The third-order valence-electron chi connectivity index (χ3n) is 2.00. The minimum absolute atomic E-state index is 0.0995. The van der Waals surface area contributed by atoms with E-state index in [1.807, 2.05) is 0 Å². The lowest BCUT2D eigenvalue weighted by molar-refractivity contribution is 0.00875. The van der Waals surface area contributed by atoms with Crippen LogP contribution in [-0.4, -0.2) is 29.1 Å². The summed E-state index contributed by atoms with van der Waals surface area (Å²) in [5, 5.41) is 21.0. The van der Waals surface area contributed by atoms with E-state index in [4.69, 9.17) is 5.11 Å². The average Bonchev–Trinajstić information content (AvgIpc) is 2.33. The molecule has 0 radical (unpaired) electrons. The summed E-state index contributed by atoms with van der Waals surface area (Å²) in [6, 6.07) is 0. The lowest BCUT2D eigenvalue weighted by Gasteiger charge is -2.22. The molecule has 1 aliphatic carbocycles. The molecular formula is C7H15NO2. The van der Waals surface area contributed by atoms with Crippen LogP contribution < -0.4 is 5.32 Å². The van der Waals surface area contributed by atoms with Crippen molar-refractivity contribution in [1.29, 1.82) is 0 Å². The largest absolute Gasteiger partial charge is 0.395 e. The highest BCUT2D eigenvalue weighted by atomic mass is 16.3. The van der Waals surface area contributed by atoms with E-state index in [0.29, 0.717) is 6.54 Å². The molecule has 0 atom stereocenters. The number of aliphatic hydroxyl groups excluding tert-OH is 1. The van der Waals surface area contributed by atoms with Crippen molar-refractivity contribution in [2.45, 2.75) is 31.4 Å². The Morgan fingerprint density at radius 2 is 1.90 bits per heavy atom. The molecule has 3 nitrogen and oxygen atoms in total. The Balaban J connectivity index is 2.22. The van der Waals surface area contributed by atoms with Crippen molar-refractivity contribution < 1.29 is 10.2 Å². The second-order valence-electron chi connectivity index (χ2n) is 2.89. The van der Waals surface area contributed by atoms with Crippen LogP contribution in [-0.2, 0) is 0 Å². The first-order valence-electron chi connectivity index (χ1n) is 3.85. The number of aliphatic hydroxyl groups is 2. The Hall–Kier alpha value is -0.120. The van der Waals surface area contributed by atoms with E-state index in [9.17, 15) is 5.11 Å². The van der Waals surface area contributed by atoms with Crippen LogP contribution in [0.5, 0.6) is 0 Å². The van der Waals surface area contributed by atoms with E-state index >= 15 is 0 Å². The fraction of sp³-hybridized carbons (Fsp3) is 1.00. The fourth-order valence-corrected chi connectivity index (χ4v) is 1.43. The van der Waals surface area contributed by atoms with Gasteiger partial charge in [0.25, 0.3) is 0 Å². The molecule has 1 saturated carbocycles. The molecule has 1 aliphatic rings. The van der Waals surface area contributed by atoms with Gasteiger partial charge in [-0.2, -0.15) is 0 Å². The van der Waals surface area contributed by atoms with E-state index in [1.165, 1.54) is 0 Å². The van der Waals surface area contributed by atoms with Gasteiger partial charge in [0.2, 0.25) is 0 Å². The second kappa shape index (κ2) is 3.32. The van der Waals surface area contributed by atoms with Crippen LogP contribution >= 0.6 is 0 Å². The molecule has 1 fully saturated rings. The van der Waals surface area contributed by atoms with Crippen LogP contribution in [0.4, 0.5) is 0 Å². The number of rotatable bonds is 3. The molecule has 0 aliphatic heterocycles. The first-order valence-corrected chi connectivity index (χ1v) is 3.85. The predicted octanol–water partition coefficient (Wildman–Crippen LogP) is -0.169. The summed E-state index contributed by atoms with van der Waals surface area (Å²) in [6.45, 7) is 0.596. The number of hydrogen-bond acceptors (Lipinski definition) is 3. The number of hydrogen-bond donors (Lipinski definition) is 3. The van der Waals surface area contributed by atoms with Gasteiger partial charge in [-0.05, 0) is 25.7 Å². The molecule has 60 valence electrons. The normalized spacial score (nSPS) is 23.4. The van der Waals surface area contributed by atoms with Crippen LogP contribution in [0.15, 0.2) is 0 Å². The second-order valence-corrected chi connectivity index (χ2v) is 2.89. The van der Waals surface area contributed by atoms with Crippen molar-refractivity contribution >= 4 is 0 Å². The van der Waals surface area contributed by atoms with E-state index in [2.05, 4.69) is 5.32 Å². The molecule has 10 heavy (non-hydrogen) atoms. The van der Waals surface area contributed by atoms with E-state index in [1.54, 1.807) is 0 Å². The molecule has 0 aromatic heterocycles. The molecule has 0 spiro atoms. The topological polar surface area (TPSA) is 52.5 Å². The Bertz CT molecular complexity index is 99.8. The monoisotopic (exact) mass is 145 g/mol. The zero-order chi connectivity index (χ0) is 7.45. The van der Waals surface area contributed by atoms with Crippen molar-refractivity contribution in [3.05, 3.63) is 0 Å². The predicted molar refractivity (Wildman–Crippen MR) is 38.5 cm³/mol. The molecule has 0 bridgehead atoms. The van der Waals surface area contributed by atoms with Gasteiger partial charge in [0.15, 0.2) is 0 Å². The molecule has 3 heteroatoms. The van der Waals surface area contributed by atoms with Crippen molar-refractivity contribution in [2.75, 3.05) is 13.2 Å².